The number of allylic oxidation sites excluding steroid dienone is 1. The summed E-state index contributed by atoms with van der Waals surface area (Å²) in [5.74, 6) is -0.00406. The number of hydrogen-bond acceptors (Lipinski definition) is 4. The van der Waals surface area contributed by atoms with Gasteiger partial charge in [-0.1, -0.05) is 30.3 Å². The number of carbonyl (C=O) groups is 2. The molecule has 4 heteroatoms. The largest absolute Gasteiger partial charge is 0.480 e. The molecule has 3 nitrogen and oxygen atoms in total. The first kappa shape index (κ1) is 11.6. The average molecular weight is 282 g/mol. The highest BCUT2D eigenvalue weighted by atomic mass is 32.1. The summed E-state index contributed by atoms with van der Waals surface area (Å²) in [7, 11) is 0. The Morgan fingerprint density at radius 3 is 2.45 bits per heavy atom. The Labute approximate surface area is 119 Å². The molecule has 1 aromatic heterocycles. The fraction of sp³-hybridized carbons (Fsp3) is 0.125. The van der Waals surface area contributed by atoms with Crippen molar-refractivity contribution in [3.63, 3.8) is 0 Å². The summed E-state index contributed by atoms with van der Waals surface area (Å²) in [5.41, 5.74) is 1.46. The first-order chi connectivity index (χ1) is 9.75. The van der Waals surface area contributed by atoms with Gasteiger partial charge in [-0.25, -0.2) is 0 Å². The molecule has 1 unspecified atom stereocenters. The lowest BCUT2D eigenvalue weighted by atomic mass is 9.87. The van der Waals surface area contributed by atoms with E-state index in [1.54, 1.807) is 35.6 Å². The highest BCUT2D eigenvalue weighted by molar-refractivity contribution is 7.10. The zero-order valence-electron chi connectivity index (χ0n) is 10.5. The molecule has 4 rings (SSSR count). The third kappa shape index (κ3) is 1.51. The zero-order chi connectivity index (χ0) is 13.7. The highest BCUT2D eigenvalue weighted by Crippen LogP contribution is 2.42. The van der Waals surface area contributed by atoms with E-state index in [9.17, 15) is 9.59 Å². The van der Waals surface area contributed by atoms with Crippen molar-refractivity contribution in [3.05, 3.63) is 69.1 Å². The minimum absolute atomic E-state index is 0.0748. The number of fused-ring (bicyclic) bond motifs is 1. The van der Waals surface area contributed by atoms with Crippen LogP contribution in [0.1, 0.15) is 38.1 Å². The average Bonchev–Trinajstić information content (AvgIpc) is 3.13. The van der Waals surface area contributed by atoms with Gasteiger partial charge in [-0.05, 0) is 11.4 Å². The normalized spacial score (nSPS) is 20.7. The second kappa shape index (κ2) is 4.15. The van der Waals surface area contributed by atoms with Crippen molar-refractivity contribution in [2.24, 2.45) is 0 Å². The van der Waals surface area contributed by atoms with Gasteiger partial charge in [0.25, 0.3) is 0 Å². The van der Waals surface area contributed by atoms with Crippen LogP contribution in [0.3, 0.4) is 0 Å². The van der Waals surface area contributed by atoms with Crippen molar-refractivity contribution in [2.75, 3.05) is 0 Å². The van der Waals surface area contributed by atoms with Crippen molar-refractivity contribution in [1.82, 2.24) is 0 Å². The number of rotatable bonds is 1. The fourth-order valence-electron chi connectivity index (χ4n) is 2.72. The van der Waals surface area contributed by atoms with Gasteiger partial charge in [0, 0.05) is 22.4 Å². The number of Topliss-reactive ketones (excluding diaryl/α,β-unsaturated/α-hetero) is 2. The van der Waals surface area contributed by atoms with Gasteiger partial charge < -0.3 is 4.74 Å². The molecule has 1 aromatic carbocycles. The summed E-state index contributed by atoms with van der Waals surface area (Å²) >= 11 is 1.58. The number of hydrogen-bond donors (Lipinski definition) is 0. The Kier molecular flexibility index (Phi) is 2.41. The van der Waals surface area contributed by atoms with Gasteiger partial charge in [0.15, 0.2) is 11.5 Å². The Morgan fingerprint density at radius 1 is 1.00 bits per heavy atom. The first-order valence-corrected chi connectivity index (χ1v) is 7.25. The van der Waals surface area contributed by atoms with Crippen LogP contribution in [0.2, 0.25) is 0 Å². The third-order valence-electron chi connectivity index (χ3n) is 3.68. The number of ether oxygens (including phenoxy) is 1. The topological polar surface area (TPSA) is 43.4 Å². The summed E-state index contributed by atoms with van der Waals surface area (Å²) in [6.07, 6.45) is 0.275. The number of carbonyl (C=O) groups excluding carboxylic acids is 2. The van der Waals surface area contributed by atoms with Crippen molar-refractivity contribution < 1.29 is 14.3 Å². The molecule has 2 aliphatic rings. The van der Waals surface area contributed by atoms with Crippen molar-refractivity contribution >= 4 is 22.9 Å². The van der Waals surface area contributed by atoms with Crippen molar-refractivity contribution in [2.45, 2.75) is 12.5 Å². The van der Waals surface area contributed by atoms with E-state index >= 15 is 0 Å². The molecule has 1 aliphatic heterocycles. The lowest BCUT2D eigenvalue weighted by molar-refractivity contribution is 0.0844. The molecule has 0 radical (unpaired) electrons. The van der Waals surface area contributed by atoms with E-state index in [-0.39, 0.29) is 23.4 Å². The van der Waals surface area contributed by atoms with Gasteiger partial charge >= 0.3 is 0 Å². The van der Waals surface area contributed by atoms with Crippen LogP contribution < -0.4 is 0 Å². The molecule has 20 heavy (non-hydrogen) atoms. The van der Waals surface area contributed by atoms with Crippen molar-refractivity contribution in [1.29, 1.82) is 0 Å². The Balaban J connectivity index is 1.77. The van der Waals surface area contributed by atoms with Crippen molar-refractivity contribution in [3.8, 4) is 0 Å². The summed E-state index contributed by atoms with van der Waals surface area (Å²) in [6.45, 7) is 0. The molecule has 0 fully saturated rings. The second-order valence-electron chi connectivity index (χ2n) is 4.84. The smallest absolute Gasteiger partial charge is 0.228 e. The quantitative estimate of drug-likeness (QED) is 0.803. The molecule has 98 valence electrons. The van der Waals surface area contributed by atoms with Crippen LogP contribution in [-0.4, -0.2) is 11.6 Å². The van der Waals surface area contributed by atoms with Crippen LogP contribution in [0.15, 0.2) is 53.1 Å². The van der Waals surface area contributed by atoms with Crippen LogP contribution >= 0.6 is 11.3 Å². The van der Waals surface area contributed by atoms with E-state index in [1.807, 2.05) is 17.5 Å². The van der Waals surface area contributed by atoms with E-state index in [0.29, 0.717) is 23.1 Å². The summed E-state index contributed by atoms with van der Waals surface area (Å²) in [4.78, 5) is 25.9. The number of ketones is 2. The maximum Gasteiger partial charge on any atom is 0.228 e. The standard InChI is InChI=1S/C16H10O3S/c17-14-9-4-1-2-5-10(9)15(18)16-11(14)8-12(19-16)13-6-3-7-20-13/h1-7,12H,8H2. The first-order valence-electron chi connectivity index (χ1n) is 6.37. The van der Waals surface area contributed by atoms with E-state index < -0.39 is 0 Å². The second-order valence-corrected chi connectivity index (χ2v) is 5.82. The fourth-order valence-corrected chi connectivity index (χ4v) is 3.47. The van der Waals surface area contributed by atoms with E-state index in [2.05, 4.69) is 0 Å². The SMILES string of the molecule is O=C1C2=C(OC(c3cccs3)C2)C(=O)c2ccccc21. The lowest BCUT2D eigenvalue weighted by Gasteiger charge is -2.14. The predicted octanol–water partition coefficient (Wildman–Crippen LogP) is 3.54. The Hall–Kier alpha value is -2.20. The zero-order valence-corrected chi connectivity index (χ0v) is 11.3. The third-order valence-corrected chi connectivity index (χ3v) is 4.65. The molecule has 0 spiro atoms. The van der Waals surface area contributed by atoms with Crippen LogP contribution in [0.4, 0.5) is 0 Å². The lowest BCUT2D eigenvalue weighted by Crippen LogP contribution is -2.19. The minimum Gasteiger partial charge on any atom is -0.480 e. The van der Waals surface area contributed by atoms with E-state index in [0.717, 1.165) is 4.88 Å². The molecular formula is C16H10O3S. The maximum atomic E-state index is 12.5. The molecule has 2 aromatic rings. The monoisotopic (exact) mass is 282 g/mol. The van der Waals surface area contributed by atoms with Gasteiger partial charge in [0.05, 0.1) is 5.57 Å². The van der Waals surface area contributed by atoms with Crippen LogP contribution in [0.25, 0.3) is 0 Å². The summed E-state index contributed by atoms with van der Waals surface area (Å²) < 4.78 is 5.77. The molecule has 1 aliphatic carbocycles. The molecule has 0 saturated heterocycles. The predicted molar refractivity (Wildman–Crippen MR) is 74.9 cm³/mol. The molecule has 0 N–H and O–H groups in total. The van der Waals surface area contributed by atoms with Gasteiger partial charge in [-0.15, -0.1) is 11.3 Å². The minimum atomic E-state index is -0.206. The molecule has 1 atom stereocenters. The molecule has 0 bridgehead atoms. The molecular weight excluding hydrogens is 272 g/mol. The molecule has 2 heterocycles. The van der Waals surface area contributed by atoms with Gasteiger partial charge in [0.1, 0.15) is 6.10 Å². The van der Waals surface area contributed by atoms with Gasteiger partial charge in [-0.3, -0.25) is 9.59 Å². The Bertz CT molecular complexity index is 709. The van der Waals surface area contributed by atoms with E-state index in [4.69, 9.17) is 4.74 Å². The summed E-state index contributed by atoms with van der Waals surface area (Å²) in [5, 5.41) is 1.97. The van der Waals surface area contributed by atoms with Gasteiger partial charge in [-0.2, -0.15) is 0 Å². The van der Waals surface area contributed by atoms with E-state index in [1.165, 1.54) is 0 Å². The Morgan fingerprint density at radius 2 is 1.75 bits per heavy atom. The maximum absolute atomic E-state index is 12.5. The highest BCUT2D eigenvalue weighted by Gasteiger charge is 2.40. The molecule has 0 amide bonds. The van der Waals surface area contributed by atoms with Crippen LogP contribution in [0.5, 0.6) is 0 Å². The van der Waals surface area contributed by atoms with Crippen LogP contribution in [-0.2, 0) is 4.74 Å². The number of thiophene rings is 1. The summed E-state index contributed by atoms with van der Waals surface area (Å²) in [6, 6.07) is 10.8. The van der Waals surface area contributed by atoms with Crippen LogP contribution in [0, 0.1) is 0 Å². The molecule has 0 saturated carbocycles. The van der Waals surface area contributed by atoms with Gasteiger partial charge in [0.2, 0.25) is 5.78 Å². The number of benzene rings is 1.